The molecule has 2 N–H and O–H groups in total. The van der Waals surface area contributed by atoms with Crippen LogP contribution in [0.15, 0.2) is 12.1 Å². The van der Waals surface area contributed by atoms with E-state index < -0.39 is 5.82 Å². The Morgan fingerprint density at radius 2 is 2.21 bits per heavy atom. The van der Waals surface area contributed by atoms with E-state index in [1.165, 1.54) is 13.0 Å². The third kappa shape index (κ3) is 2.02. The smallest absolute Gasteiger partial charge is 0.162 e. The van der Waals surface area contributed by atoms with E-state index in [0.717, 1.165) is 6.07 Å². The molecule has 0 aliphatic rings. The van der Waals surface area contributed by atoms with Crippen molar-refractivity contribution in [2.24, 2.45) is 0 Å². The van der Waals surface area contributed by atoms with Gasteiger partial charge in [-0.15, -0.1) is 0 Å². The first-order valence-corrected chi connectivity index (χ1v) is 4.29. The molecule has 1 rings (SSSR count). The second-order valence-corrected chi connectivity index (χ2v) is 2.86. The molecule has 0 aliphatic heterocycles. The lowest BCUT2D eigenvalue weighted by Gasteiger charge is -2.08. The van der Waals surface area contributed by atoms with Crippen LogP contribution in [0.1, 0.15) is 24.2 Å². The molecule has 0 aliphatic carbocycles. The van der Waals surface area contributed by atoms with Crippen LogP contribution in [0.3, 0.4) is 0 Å². The molecule has 76 valence electrons. The van der Waals surface area contributed by atoms with Gasteiger partial charge in [0.05, 0.1) is 17.9 Å². The van der Waals surface area contributed by atoms with E-state index in [-0.39, 0.29) is 22.8 Å². The van der Waals surface area contributed by atoms with Gasteiger partial charge in [-0.1, -0.05) is 0 Å². The Bertz CT molecular complexity index is 363. The summed E-state index contributed by atoms with van der Waals surface area (Å²) in [4.78, 5) is 11.0. The quantitative estimate of drug-likeness (QED) is 0.595. The number of rotatable bonds is 3. The molecule has 0 aromatic heterocycles. The Labute approximate surface area is 81.7 Å². The van der Waals surface area contributed by atoms with Crippen molar-refractivity contribution in [3.05, 3.63) is 23.5 Å². The van der Waals surface area contributed by atoms with Gasteiger partial charge in [-0.05, 0) is 19.9 Å². The average Bonchev–Trinajstić information content (AvgIpc) is 2.10. The summed E-state index contributed by atoms with van der Waals surface area (Å²) in [7, 11) is 0. The Hall–Kier alpha value is -1.58. The summed E-state index contributed by atoms with van der Waals surface area (Å²) in [5, 5.41) is 0. The number of carbonyl (C=O) groups excluding carboxylic acids is 1. The van der Waals surface area contributed by atoms with Crippen LogP contribution in [-0.4, -0.2) is 12.4 Å². The molecule has 0 bridgehead atoms. The number of hydrogen-bond acceptors (Lipinski definition) is 3. The molecule has 0 spiro atoms. The minimum atomic E-state index is -0.602. The Kier molecular flexibility index (Phi) is 3.06. The lowest BCUT2D eigenvalue weighted by atomic mass is 10.1. The van der Waals surface area contributed by atoms with E-state index in [9.17, 15) is 9.18 Å². The summed E-state index contributed by atoms with van der Waals surface area (Å²) in [6, 6.07) is 2.43. The third-order valence-corrected chi connectivity index (χ3v) is 1.78. The largest absolute Gasteiger partial charge is 0.492 e. The van der Waals surface area contributed by atoms with Crippen molar-refractivity contribution >= 4 is 11.5 Å². The van der Waals surface area contributed by atoms with Gasteiger partial charge in [-0.3, -0.25) is 4.79 Å². The molecule has 0 unspecified atom stereocenters. The average molecular weight is 197 g/mol. The minimum absolute atomic E-state index is 0.00838. The van der Waals surface area contributed by atoms with Gasteiger partial charge in [-0.2, -0.15) is 0 Å². The van der Waals surface area contributed by atoms with Crippen molar-refractivity contribution < 1.29 is 13.9 Å². The summed E-state index contributed by atoms with van der Waals surface area (Å²) in [5.74, 6) is -0.678. The molecule has 1 aromatic carbocycles. The van der Waals surface area contributed by atoms with E-state index in [2.05, 4.69) is 0 Å². The first-order valence-electron chi connectivity index (χ1n) is 4.29. The van der Waals surface area contributed by atoms with Gasteiger partial charge >= 0.3 is 0 Å². The fraction of sp³-hybridized carbons (Fsp3) is 0.300. The highest BCUT2D eigenvalue weighted by Gasteiger charge is 2.11. The number of benzene rings is 1. The Morgan fingerprint density at radius 3 is 2.71 bits per heavy atom. The third-order valence-electron chi connectivity index (χ3n) is 1.78. The zero-order chi connectivity index (χ0) is 10.7. The van der Waals surface area contributed by atoms with Crippen LogP contribution < -0.4 is 10.5 Å². The van der Waals surface area contributed by atoms with Crippen molar-refractivity contribution in [2.75, 3.05) is 12.3 Å². The van der Waals surface area contributed by atoms with E-state index in [1.54, 1.807) is 6.92 Å². The van der Waals surface area contributed by atoms with E-state index in [0.29, 0.717) is 6.61 Å². The molecule has 14 heavy (non-hydrogen) atoms. The molecular formula is C10H12FNO2. The predicted molar refractivity (Wildman–Crippen MR) is 52.0 cm³/mol. The Morgan fingerprint density at radius 1 is 1.57 bits per heavy atom. The van der Waals surface area contributed by atoms with Crippen LogP contribution in [0.25, 0.3) is 0 Å². The van der Waals surface area contributed by atoms with Crippen LogP contribution >= 0.6 is 0 Å². The van der Waals surface area contributed by atoms with Crippen molar-refractivity contribution in [1.29, 1.82) is 0 Å². The zero-order valence-electron chi connectivity index (χ0n) is 8.13. The summed E-state index contributed by atoms with van der Waals surface area (Å²) < 4.78 is 18.3. The first kappa shape index (κ1) is 10.5. The molecule has 4 heteroatoms. The highest BCUT2D eigenvalue weighted by atomic mass is 19.1. The molecule has 0 saturated carbocycles. The fourth-order valence-corrected chi connectivity index (χ4v) is 1.12. The molecule has 0 amide bonds. The molecule has 1 aromatic rings. The predicted octanol–water partition coefficient (Wildman–Crippen LogP) is 2.01. The molecular weight excluding hydrogens is 185 g/mol. The minimum Gasteiger partial charge on any atom is -0.492 e. The molecule has 0 atom stereocenters. The number of nitrogen functional groups attached to an aromatic ring is 1. The van der Waals surface area contributed by atoms with Crippen LogP contribution in [0.4, 0.5) is 10.1 Å². The number of carbonyl (C=O) groups is 1. The summed E-state index contributed by atoms with van der Waals surface area (Å²) in [5.41, 5.74) is 5.84. The standard InChI is InChI=1S/C10H12FNO2/c1-3-14-10-5-8(11)7(6(2)13)4-9(10)12/h4-5H,3,12H2,1-2H3. The molecule has 0 radical (unpaired) electrons. The maximum absolute atomic E-state index is 13.2. The van der Waals surface area contributed by atoms with Gasteiger partial charge in [-0.25, -0.2) is 4.39 Å². The zero-order valence-corrected chi connectivity index (χ0v) is 8.13. The van der Waals surface area contributed by atoms with Gasteiger partial charge < -0.3 is 10.5 Å². The lowest BCUT2D eigenvalue weighted by molar-refractivity contribution is 0.101. The number of ketones is 1. The van der Waals surface area contributed by atoms with Crippen LogP contribution in [-0.2, 0) is 0 Å². The first-order chi connectivity index (χ1) is 6.56. The van der Waals surface area contributed by atoms with Gasteiger partial charge in [0.1, 0.15) is 11.6 Å². The van der Waals surface area contributed by atoms with Crippen molar-refractivity contribution in [1.82, 2.24) is 0 Å². The maximum Gasteiger partial charge on any atom is 0.162 e. The fourth-order valence-electron chi connectivity index (χ4n) is 1.12. The normalized spacial score (nSPS) is 9.93. The summed E-state index contributed by atoms with van der Waals surface area (Å²) in [6.45, 7) is 3.47. The van der Waals surface area contributed by atoms with Crippen molar-refractivity contribution in [3.63, 3.8) is 0 Å². The van der Waals surface area contributed by atoms with Crippen LogP contribution in [0.2, 0.25) is 0 Å². The second kappa shape index (κ2) is 4.09. The van der Waals surface area contributed by atoms with Crippen molar-refractivity contribution in [3.8, 4) is 5.75 Å². The number of hydrogen-bond donors (Lipinski definition) is 1. The molecule has 3 nitrogen and oxygen atoms in total. The summed E-state index contributed by atoms with van der Waals surface area (Å²) >= 11 is 0. The Balaban J connectivity index is 3.17. The lowest BCUT2D eigenvalue weighted by Crippen LogP contribution is -2.03. The van der Waals surface area contributed by atoms with Crippen molar-refractivity contribution in [2.45, 2.75) is 13.8 Å². The maximum atomic E-state index is 13.2. The SMILES string of the molecule is CCOc1cc(F)c(C(C)=O)cc1N. The van der Waals surface area contributed by atoms with E-state index in [1.807, 2.05) is 0 Å². The van der Waals surface area contributed by atoms with Crippen LogP contribution in [0.5, 0.6) is 5.75 Å². The number of halogens is 1. The summed E-state index contributed by atoms with van der Waals surface area (Å²) in [6.07, 6.45) is 0. The second-order valence-electron chi connectivity index (χ2n) is 2.86. The number of ether oxygens (including phenoxy) is 1. The monoisotopic (exact) mass is 197 g/mol. The molecule has 0 fully saturated rings. The van der Waals surface area contributed by atoms with Gasteiger partial charge in [0, 0.05) is 6.07 Å². The van der Waals surface area contributed by atoms with E-state index in [4.69, 9.17) is 10.5 Å². The topological polar surface area (TPSA) is 52.3 Å². The van der Waals surface area contributed by atoms with Gasteiger partial charge in [0.15, 0.2) is 5.78 Å². The highest BCUT2D eigenvalue weighted by molar-refractivity contribution is 5.95. The van der Waals surface area contributed by atoms with E-state index >= 15 is 0 Å². The number of anilines is 1. The van der Waals surface area contributed by atoms with Gasteiger partial charge in [0.2, 0.25) is 0 Å². The molecule has 0 heterocycles. The number of nitrogens with two attached hydrogens (primary N) is 1. The van der Waals surface area contributed by atoms with Crippen LogP contribution in [0, 0.1) is 5.82 Å². The number of Topliss-reactive ketones (excluding diaryl/α,β-unsaturated/α-hetero) is 1. The molecule has 0 saturated heterocycles. The van der Waals surface area contributed by atoms with Gasteiger partial charge in [0.25, 0.3) is 0 Å². The highest BCUT2D eigenvalue weighted by Crippen LogP contribution is 2.25.